The van der Waals surface area contributed by atoms with Crippen molar-refractivity contribution in [2.45, 2.75) is 32.0 Å². The monoisotopic (exact) mass is 406 g/mol. The molecule has 1 fully saturated rings. The van der Waals surface area contributed by atoms with Crippen LogP contribution in [0.4, 0.5) is 20.3 Å². The van der Waals surface area contributed by atoms with Gasteiger partial charge in [0.25, 0.3) is 6.43 Å². The number of ether oxygens (including phenoxy) is 2. The maximum atomic E-state index is 13.4. The van der Waals surface area contributed by atoms with Gasteiger partial charge >= 0.3 is 5.97 Å². The number of hydrogen-bond acceptors (Lipinski definition) is 6. The third-order valence-electron chi connectivity index (χ3n) is 4.89. The van der Waals surface area contributed by atoms with Crippen LogP contribution in [0.1, 0.15) is 6.92 Å². The van der Waals surface area contributed by atoms with Crippen molar-refractivity contribution in [3.63, 3.8) is 0 Å². The maximum Gasteiger partial charge on any atom is 0.325 e. The van der Waals surface area contributed by atoms with Crippen LogP contribution in [-0.2, 0) is 16.1 Å². The zero-order valence-electron chi connectivity index (χ0n) is 15.6. The first-order chi connectivity index (χ1) is 13.8. The molecule has 0 amide bonds. The summed E-state index contributed by atoms with van der Waals surface area (Å²) >= 11 is 0. The van der Waals surface area contributed by atoms with E-state index in [0.717, 1.165) is 0 Å². The second kappa shape index (κ2) is 7.26. The van der Waals surface area contributed by atoms with Gasteiger partial charge in [-0.2, -0.15) is 0 Å². The average molecular weight is 406 g/mol. The van der Waals surface area contributed by atoms with E-state index in [-0.39, 0.29) is 12.5 Å². The Hall–Kier alpha value is -3.30. The molecule has 3 heterocycles. The van der Waals surface area contributed by atoms with Crippen molar-refractivity contribution in [1.29, 1.82) is 0 Å². The minimum absolute atomic E-state index is 0.141. The highest BCUT2D eigenvalue weighted by molar-refractivity contribution is 5.78. The van der Waals surface area contributed by atoms with Crippen molar-refractivity contribution >= 4 is 17.5 Å². The standard InChI is InChI=1S/C19H20F2N4O4/c1-10(19(26)27)22-12-3-4-13-15(7-12)28-6-5-24-8-16(23-18(13)24)25-11(2)29-9-14(25)17(20)21/h3-4,7-8,10,14,17,22H,2,5-6,9H2,1H3,(H,26,27)/t10-,14-/m0/s1. The van der Waals surface area contributed by atoms with Crippen LogP contribution in [0.3, 0.4) is 0 Å². The largest absolute Gasteiger partial charge is 0.491 e. The van der Waals surface area contributed by atoms with Crippen LogP contribution in [0, 0.1) is 0 Å². The maximum absolute atomic E-state index is 13.4. The van der Waals surface area contributed by atoms with Crippen LogP contribution < -0.4 is 15.0 Å². The van der Waals surface area contributed by atoms with Crippen molar-refractivity contribution in [1.82, 2.24) is 9.55 Å². The van der Waals surface area contributed by atoms with E-state index in [1.807, 2.05) is 4.57 Å². The molecular formula is C19H20F2N4O4. The van der Waals surface area contributed by atoms with Crippen molar-refractivity contribution in [2.75, 3.05) is 23.4 Å². The molecule has 2 N–H and O–H groups in total. The SMILES string of the molecule is C=C1OC[C@@H](C(F)F)N1c1cn2c(n1)-c1ccc(N[C@@H](C)C(=O)O)cc1OCC2. The summed E-state index contributed by atoms with van der Waals surface area (Å²) in [4.78, 5) is 16.9. The van der Waals surface area contributed by atoms with E-state index < -0.39 is 24.5 Å². The number of carbonyl (C=O) groups is 1. The van der Waals surface area contributed by atoms with Gasteiger partial charge in [-0.15, -0.1) is 0 Å². The minimum Gasteiger partial charge on any atom is -0.491 e. The predicted octanol–water partition coefficient (Wildman–Crippen LogP) is 2.77. The van der Waals surface area contributed by atoms with Crippen LogP contribution in [0.2, 0.25) is 0 Å². The van der Waals surface area contributed by atoms with E-state index in [1.165, 1.54) is 11.8 Å². The van der Waals surface area contributed by atoms with Crippen LogP contribution >= 0.6 is 0 Å². The molecule has 29 heavy (non-hydrogen) atoms. The van der Waals surface area contributed by atoms with Gasteiger partial charge in [0.1, 0.15) is 36.9 Å². The van der Waals surface area contributed by atoms with Gasteiger partial charge in [0.2, 0.25) is 0 Å². The summed E-state index contributed by atoms with van der Waals surface area (Å²) in [5.41, 5.74) is 1.28. The Morgan fingerprint density at radius 3 is 2.93 bits per heavy atom. The summed E-state index contributed by atoms with van der Waals surface area (Å²) < 4.78 is 39.6. The fraction of sp³-hybridized carbons (Fsp3) is 0.368. The number of benzene rings is 1. The Labute approximate surface area is 165 Å². The number of fused-ring (bicyclic) bond motifs is 3. The Morgan fingerprint density at radius 2 is 2.21 bits per heavy atom. The molecule has 2 atom stereocenters. The number of imidazole rings is 1. The van der Waals surface area contributed by atoms with Crippen molar-refractivity contribution in [3.8, 4) is 17.1 Å². The average Bonchev–Trinajstić information content (AvgIpc) is 3.21. The molecular weight excluding hydrogens is 386 g/mol. The first-order valence-electron chi connectivity index (χ1n) is 9.08. The summed E-state index contributed by atoms with van der Waals surface area (Å²) in [7, 11) is 0. The topological polar surface area (TPSA) is 88.9 Å². The van der Waals surface area contributed by atoms with Gasteiger partial charge < -0.3 is 24.5 Å². The number of hydrogen-bond donors (Lipinski definition) is 2. The van der Waals surface area contributed by atoms with Gasteiger partial charge in [-0.05, 0) is 25.6 Å². The van der Waals surface area contributed by atoms with Gasteiger partial charge in [-0.25, -0.2) is 13.8 Å². The molecule has 0 bridgehead atoms. The first-order valence-corrected chi connectivity index (χ1v) is 9.08. The molecule has 4 rings (SSSR count). The summed E-state index contributed by atoms with van der Waals surface area (Å²) in [6.45, 7) is 5.93. The minimum atomic E-state index is -2.60. The number of aliphatic carboxylic acids is 1. The Kier molecular flexibility index (Phi) is 4.77. The number of aromatic nitrogens is 2. The molecule has 1 aromatic carbocycles. The zero-order valence-corrected chi connectivity index (χ0v) is 15.6. The second-order valence-corrected chi connectivity index (χ2v) is 6.86. The lowest BCUT2D eigenvalue weighted by Crippen LogP contribution is -2.36. The number of halogens is 2. The van der Waals surface area contributed by atoms with Crippen LogP contribution in [-0.4, -0.2) is 52.3 Å². The fourth-order valence-corrected chi connectivity index (χ4v) is 3.38. The molecule has 8 nitrogen and oxygen atoms in total. The number of nitrogens with zero attached hydrogens (tertiary/aromatic N) is 3. The van der Waals surface area contributed by atoms with Crippen LogP contribution in [0.15, 0.2) is 36.9 Å². The lowest BCUT2D eigenvalue weighted by atomic mass is 10.1. The molecule has 1 aromatic heterocycles. The van der Waals surface area contributed by atoms with Crippen LogP contribution in [0.25, 0.3) is 11.4 Å². The molecule has 0 aliphatic carbocycles. The highest BCUT2D eigenvalue weighted by Crippen LogP contribution is 2.37. The smallest absolute Gasteiger partial charge is 0.325 e. The number of alkyl halides is 2. The number of nitrogens with one attached hydrogen (secondary N) is 1. The number of rotatable bonds is 5. The summed E-state index contributed by atoms with van der Waals surface area (Å²) in [6, 6.07) is 3.30. The first kappa shape index (κ1) is 19.0. The lowest BCUT2D eigenvalue weighted by Gasteiger charge is -2.20. The molecule has 1 saturated heterocycles. The summed E-state index contributed by atoms with van der Waals surface area (Å²) in [6.07, 6.45) is -0.918. The normalized spacial score (nSPS) is 19.1. The van der Waals surface area contributed by atoms with Crippen LogP contribution in [0.5, 0.6) is 5.75 Å². The van der Waals surface area contributed by atoms with Crippen molar-refractivity contribution in [2.24, 2.45) is 0 Å². The molecule has 2 aliphatic heterocycles. The Balaban J connectivity index is 1.68. The van der Waals surface area contributed by atoms with Gasteiger partial charge in [0.05, 0.1) is 12.1 Å². The third kappa shape index (κ3) is 3.45. The van der Waals surface area contributed by atoms with E-state index in [9.17, 15) is 13.6 Å². The fourth-order valence-electron chi connectivity index (χ4n) is 3.38. The molecule has 154 valence electrons. The molecule has 2 aliphatic rings. The van der Waals surface area contributed by atoms with Gasteiger partial charge in [0.15, 0.2) is 11.7 Å². The van der Waals surface area contributed by atoms with Gasteiger partial charge in [-0.1, -0.05) is 0 Å². The molecule has 0 spiro atoms. The number of carboxylic acid groups (broad SMARTS) is 1. The third-order valence-corrected chi connectivity index (χ3v) is 4.89. The highest BCUT2D eigenvalue weighted by Gasteiger charge is 2.38. The van der Waals surface area contributed by atoms with Crippen molar-refractivity contribution in [3.05, 3.63) is 36.9 Å². The number of anilines is 2. The van der Waals surface area contributed by atoms with Gasteiger partial charge in [0, 0.05) is 18.0 Å². The van der Waals surface area contributed by atoms with E-state index in [0.29, 0.717) is 41.8 Å². The molecule has 0 unspecified atom stereocenters. The van der Waals surface area contributed by atoms with E-state index in [1.54, 1.807) is 24.4 Å². The molecule has 2 aromatic rings. The van der Waals surface area contributed by atoms with E-state index >= 15 is 0 Å². The zero-order chi connectivity index (χ0) is 20.7. The number of carboxylic acids is 1. The Morgan fingerprint density at radius 1 is 1.41 bits per heavy atom. The Bertz CT molecular complexity index is 962. The summed E-state index contributed by atoms with van der Waals surface area (Å²) in [5.74, 6) is 0.607. The van der Waals surface area contributed by atoms with Crippen molar-refractivity contribution < 1.29 is 28.2 Å². The highest BCUT2D eigenvalue weighted by atomic mass is 19.3. The molecule has 0 saturated carbocycles. The quantitative estimate of drug-likeness (QED) is 0.789. The molecule has 0 radical (unpaired) electrons. The van der Waals surface area contributed by atoms with E-state index in [4.69, 9.17) is 14.6 Å². The second-order valence-electron chi connectivity index (χ2n) is 6.86. The summed E-state index contributed by atoms with van der Waals surface area (Å²) in [5, 5.41) is 11.9. The lowest BCUT2D eigenvalue weighted by molar-refractivity contribution is -0.137. The predicted molar refractivity (Wildman–Crippen MR) is 101 cm³/mol. The van der Waals surface area contributed by atoms with Gasteiger partial charge in [-0.3, -0.25) is 9.69 Å². The molecule has 10 heteroatoms. The van der Waals surface area contributed by atoms with E-state index in [2.05, 4.69) is 16.9 Å².